The largest absolute Gasteiger partial charge is 0.399 e. The Morgan fingerprint density at radius 1 is 1.19 bits per heavy atom. The molecular formula is C23H31FN2. The van der Waals surface area contributed by atoms with Crippen LogP contribution in [0.15, 0.2) is 64.8 Å². The normalized spacial score (nSPS) is 16.4. The van der Waals surface area contributed by atoms with E-state index in [9.17, 15) is 4.39 Å². The first-order chi connectivity index (χ1) is 12.5. The molecule has 1 aromatic rings. The van der Waals surface area contributed by atoms with Gasteiger partial charge in [0.15, 0.2) is 0 Å². The molecule has 0 unspecified atom stereocenters. The van der Waals surface area contributed by atoms with E-state index >= 15 is 0 Å². The second-order valence-electron chi connectivity index (χ2n) is 6.91. The van der Waals surface area contributed by atoms with E-state index in [2.05, 4.69) is 18.3 Å². The highest BCUT2D eigenvalue weighted by atomic mass is 19.1. The highest BCUT2D eigenvalue weighted by molar-refractivity contribution is 5.60. The van der Waals surface area contributed by atoms with Gasteiger partial charge in [-0.15, -0.1) is 0 Å². The van der Waals surface area contributed by atoms with Crippen LogP contribution in [0.5, 0.6) is 0 Å². The van der Waals surface area contributed by atoms with Crippen molar-refractivity contribution >= 4 is 5.69 Å². The van der Waals surface area contributed by atoms with Crippen molar-refractivity contribution in [2.75, 3.05) is 5.32 Å². The fourth-order valence-electron chi connectivity index (χ4n) is 3.16. The Balaban J connectivity index is 2.33. The van der Waals surface area contributed by atoms with Crippen LogP contribution in [0.3, 0.4) is 0 Å². The molecule has 0 atom stereocenters. The van der Waals surface area contributed by atoms with Gasteiger partial charge in [-0.05, 0) is 74.8 Å². The van der Waals surface area contributed by atoms with Crippen LogP contribution in [0, 0.1) is 0 Å². The predicted molar refractivity (Wildman–Crippen MR) is 111 cm³/mol. The SMILES string of the molecule is CC/C=C(N)/C(=C\C(F)=C(/C)Nc1cccc2c1CCC2)/C=C(\C)CC. The Kier molecular flexibility index (Phi) is 7.26. The van der Waals surface area contributed by atoms with Crippen molar-refractivity contribution in [1.82, 2.24) is 0 Å². The first-order valence-electron chi connectivity index (χ1n) is 9.55. The maximum atomic E-state index is 14.9. The van der Waals surface area contributed by atoms with Crippen molar-refractivity contribution in [3.8, 4) is 0 Å². The molecule has 26 heavy (non-hydrogen) atoms. The Labute approximate surface area is 157 Å². The van der Waals surface area contributed by atoms with Crippen LogP contribution in [0.2, 0.25) is 0 Å². The van der Waals surface area contributed by atoms with Crippen LogP contribution >= 0.6 is 0 Å². The van der Waals surface area contributed by atoms with Gasteiger partial charge >= 0.3 is 0 Å². The lowest BCUT2D eigenvalue weighted by Crippen LogP contribution is -2.03. The van der Waals surface area contributed by atoms with Crippen LogP contribution in [0.25, 0.3) is 0 Å². The fourth-order valence-corrected chi connectivity index (χ4v) is 3.16. The van der Waals surface area contributed by atoms with Crippen molar-refractivity contribution in [3.05, 3.63) is 75.9 Å². The van der Waals surface area contributed by atoms with Crippen LogP contribution in [0.1, 0.15) is 58.1 Å². The summed E-state index contributed by atoms with van der Waals surface area (Å²) in [6.07, 6.45) is 10.5. The zero-order chi connectivity index (χ0) is 19.1. The smallest absolute Gasteiger partial charge is 0.142 e. The zero-order valence-corrected chi connectivity index (χ0v) is 16.5. The summed E-state index contributed by atoms with van der Waals surface area (Å²) < 4.78 is 14.9. The summed E-state index contributed by atoms with van der Waals surface area (Å²) in [7, 11) is 0. The lowest BCUT2D eigenvalue weighted by molar-refractivity contribution is 0.654. The highest BCUT2D eigenvalue weighted by Crippen LogP contribution is 2.30. The van der Waals surface area contributed by atoms with Crippen molar-refractivity contribution in [1.29, 1.82) is 0 Å². The van der Waals surface area contributed by atoms with Crippen LogP contribution in [-0.2, 0) is 12.8 Å². The third-order valence-electron chi connectivity index (χ3n) is 4.83. The molecular weight excluding hydrogens is 323 g/mol. The summed E-state index contributed by atoms with van der Waals surface area (Å²) in [6, 6.07) is 6.22. The molecule has 0 spiro atoms. The number of rotatable bonds is 7. The fraction of sp³-hybridized carbons (Fsp3) is 0.391. The molecule has 1 aliphatic rings. The minimum atomic E-state index is -0.289. The van der Waals surface area contributed by atoms with Gasteiger partial charge in [-0.3, -0.25) is 0 Å². The molecule has 0 amide bonds. The molecule has 0 saturated heterocycles. The third-order valence-corrected chi connectivity index (χ3v) is 4.83. The Morgan fingerprint density at radius 3 is 2.65 bits per heavy atom. The number of nitrogens with two attached hydrogens (primary N) is 1. The minimum Gasteiger partial charge on any atom is -0.399 e. The summed E-state index contributed by atoms with van der Waals surface area (Å²) in [4.78, 5) is 0. The average Bonchev–Trinajstić information content (AvgIpc) is 3.10. The molecule has 0 aliphatic heterocycles. The zero-order valence-electron chi connectivity index (χ0n) is 16.5. The van der Waals surface area contributed by atoms with E-state index in [0.29, 0.717) is 11.4 Å². The minimum absolute atomic E-state index is 0.289. The van der Waals surface area contributed by atoms with E-state index in [4.69, 9.17) is 5.73 Å². The number of allylic oxidation sites excluding steroid dienone is 6. The molecule has 1 aliphatic carbocycles. The first kappa shape index (κ1) is 20.0. The number of anilines is 1. The number of aryl methyl sites for hydroxylation is 1. The van der Waals surface area contributed by atoms with E-state index in [1.807, 2.05) is 38.1 Å². The summed E-state index contributed by atoms with van der Waals surface area (Å²) in [5, 5.41) is 3.26. The lowest BCUT2D eigenvalue weighted by atomic mass is 10.1. The van der Waals surface area contributed by atoms with Gasteiger partial charge in [0.1, 0.15) is 5.83 Å². The Bertz CT molecular complexity index is 766. The van der Waals surface area contributed by atoms with Gasteiger partial charge in [0.25, 0.3) is 0 Å². The van der Waals surface area contributed by atoms with Gasteiger partial charge in [0.05, 0.1) is 0 Å². The molecule has 2 rings (SSSR count). The number of hydrogen-bond donors (Lipinski definition) is 2. The van der Waals surface area contributed by atoms with Gasteiger partial charge in [0.2, 0.25) is 0 Å². The molecule has 3 heteroatoms. The molecule has 0 fully saturated rings. The number of benzene rings is 1. The Hall–Kier alpha value is -2.29. The molecule has 0 bridgehead atoms. The second-order valence-corrected chi connectivity index (χ2v) is 6.91. The van der Waals surface area contributed by atoms with Crippen LogP contribution in [-0.4, -0.2) is 0 Å². The van der Waals surface area contributed by atoms with Crippen molar-refractivity contribution in [2.24, 2.45) is 5.73 Å². The molecule has 0 radical (unpaired) electrons. The van der Waals surface area contributed by atoms with Gasteiger partial charge in [-0.2, -0.15) is 0 Å². The number of fused-ring (bicyclic) bond motifs is 1. The monoisotopic (exact) mass is 354 g/mol. The summed E-state index contributed by atoms with van der Waals surface area (Å²) in [5.41, 5.74) is 12.9. The maximum Gasteiger partial charge on any atom is 0.142 e. The molecule has 0 saturated carbocycles. The van der Waals surface area contributed by atoms with Gasteiger partial charge in [-0.25, -0.2) is 4.39 Å². The summed E-state index contributed by atoms with van der Waals surface area (Å²) >= 11 is 0. The first-order valence-corrected chi connectivity index (χ1v) is 9.55. The summed E-state index contributed by atoms with van der Waals surface area (Å²) in [5.74, 6) is -0.289. The van der Waals surface area contributed by atoms with E-state index in [-0.39, 0.29) is 5.83 Å². The third kappa shape index (κ3) is 5.10. The van der Waals surface area contributed by atoms with Crippen LogP contribution < -0.4 is 11.1 Å². The van der Waals surface area contributed by atoms with Gasteiger partial charge < -0.3 is 11.1 Å². The quantitative estimate of drug-likeness (QED) is 0.562. The van der Waals surface area contributed by atoms with E-state index in [1.165, 1.54) is 29.2 Å². The van der Waals surface area contributed by atoms with E-state index in [1.54, 1.807) is 6.92 Å². The molecule has 0 aromatic heterocycles. The Morgan fingerprint density at radius 2 is 1.96 bits per heavy atom. The van der Waals surface area contributed by atoms with E-state index < -0.39 is 0 Å². The topological polar surface area (TPSA) is 38.0 Å². The molecule has 1 aromatic carbocycles. The number of hydrogen-bond acceptors (Lipinski definition) is 2. The standard InChI is InChI=1S/C23H31FN2/c1-5-9-22(25)19(14-16(3)6-2)15-21(24)17(4)26-23-13-8-11-18-10-7-12-20(18)23/h8-9,11,13-15,26H,5-7,10,12,25H2,1-4H3/b16-14+,19-15-,21-17-,22-9-. The highest BCUT2D eigenvalue weighted by Gasteiger charge is 2.15. The molecule has 2 nitrogen and oxygen atoms in total. The lowest BCUT2D eigenvalue weighted by Gasteiger charge is -2.12. The van der Waals surface area contributed by atoms with Crippen molar-refractivity contribution in [3.63, 3.8) is 0 Å². The maximum absolute atomic E-state index is 14.9. The predicted octanol–water partition coefficient (Wildman–Crippen LogP) is 6.32. The summed E-state index contributed by atoms with van der Waals surface area (Å²) in [6.45, 7) is 7.91. The average molecular weight is 355 g/mol. The number of nitrogens with one attached hydrogen (secondary N) is 1. The van der Waals surface area contributed by atoms with Gasteiger partial charge in [0, 0.05) is 17.1 Å². The van der Waals surface area contributed by atoms with E-state index in [0.717, 1.165) is 36.9 Å². The number of halogens is 1. The van der Waals surface area contributed by atoms with Crippen molar-refractivity contribution < 1.29 is 4.39 Å². The second kappa shape index (κ2) is 9.42. The molecule has 0 heterocycles. The van der Waals surface area contributed by atoms with Gasteiger partial charge in [-0.1, -0.05) is 43.7 Å². The van der Waals surface area contributed by atoms with Crippen LogP contribution in [0.4, 0.5) is 10.1 Å². The molecule has 3 N–H and O–H groups in total. The molecule has 140 valence electrons. The van der Waals surface area contributed by atoms with Crippen molar-refractivity contribution in [2.45, 2.75) is 59.8 Å².